The summed E-state index contributed by atoms with van der Waals surface area (Å²) in [7, 11) is 0. The van der Waals surface area contributed by atoms with Gasteiger partial charge in [-0.1, -0.05) is 0 Å². The number of aromatic nitrogens is 4. The molecule has 6 nitrogen and oxygen atoms in total. The molecule has 3 heterocycles. The van der Waals surface area contributed by atoms with Gasteiger partial charge in [0.25, 0.3) is 0 Å². The molecule has 86 valence electrons. The van der Waals surface area contributed by atoms with Crippen LogP contribution >= 0.6 is 0 Å². The molecule has 0 radical (unpaired) electrons. The van der Waals surface area contributed by atoms with Gasteiger partial charge in [0.2, 0.25) is 11.8 Å². The topological polar surface area (TPSA) is 82.8 Å². The molecule has 3 rings (SSSR count). The molecule has 0 aliphatic heterocycles. The average molecular weight is 229 g/mol. The third kappa shape index (κ3) is 1.63. The molecule has 0 aromatic carbocycles. The Morgan fingerprint density at radius 1 is 1.41 bits per heavy atom. The monoisotopic (exact) mass is 229 g/mol. The lowest BCUT2D eigenvalue weighted by atomic mass is 10.4. The van der Waals surface area contributed by atoms with Gasteiger partial charge in [-0.05, 0) is 13.0 Å². The number of anilines is 1. The number of nitrogen functional groups attached to an aromatic ring is 1. The molecule has 0 bridgehead atoms. The maximum atomic E-state index is 5.86. The molecule has 3 aromatic heterocycles. The summed E-state index contributed by atoms with van der Waals surface area (Å²) in [5, 5.41) is 0. The normalized spacial score (nSPS) is 11.1. The zero-order valence-electron chi connectivity index (χ0n) is 9.29. The van der Waals surface area contributed by atoms with Crippen LogP contribution < -0.4 is 5.73 Å². The fourth-order valence-corrected chi connectivity index (χ4v) is 1.78. The highest BCUT2D eigenvalue weighted by Gasteiger charge is 2.10. The van der Waals surface area contributed by atoms with Crippen LogP contribution in [0.4, 0.5) is 5.95 Å². The molecule has 0 aliphatic carbocycles. The molecule has 17 heavy (non-hydrogen) atoms. The highest BCUT2D eigenvalue weighted by Crippen LogP contribution is 2.18. The van der Waals surface area contributed by atoms with Gasteiger partial charge in [-0.25, -0.2) is 9.97 Å². The number of imidazole rings is 1. The summed E-state index contributed by atoms with van der Waals surface area (Å²) in [5.74, 6) is 1.83. The van der Waals surface area contributed by atoms with Crippen molar-refractivity contribution in [1.29, 1.82) is 0 Å². The summed E-state index contributed by atoms with van der Waals surface area (Å²) in [6.45, 7) is 2.33. The van der Waals surface area contributed by atoms with Gasteiger partial charge in [-0.15, -0.1) is 0 Å². The van der Waals surface area contributed by atoms with Crippen LogP contribution in [0.5, 0.6) is 0 Å². The molecule has 0 amide bonds. The number of hydrogen-bond donors (Lipinski definition) is 1. The number of fused-ring (bicyclic) bond motifs is 1. The van der Waals surface area contributed by atoms with Crippen molar-refractivity contribution in [2.24, 2.45) is 0 Å². The molecule has 0 atom stereocenters. The van der Waals surface area contributed by atoms with E-state index in [1.807, 2.05) is 17.6 Å². The number of oxazole rings is 1. The quantitative estimate of drug-likeness (QED) is 0.717. The van der Waals surface area contributed by atoms with E-state index < -0.39 is 0 Å². The molecule has 0 saturated carbocycles. The van der Waals surface area contributed by atoms with Crippen LogP contribution in [-0.4, -0.2) is 19.5 Å². The molecule has 2 N–H and O–H groups in total. The second-order valence-corrected chi connectivity index (χ2v) is 3.79. The summed E-state index contributed by atoms with van der Waals surface area (Å²) < 4.78 is 7.28. The zero-order chi connectivity index (χ0) is 11.8. The molecule has 6 heteroatoms. The minimum Gasteiger partial charge on any atom is -0.444 e. The largest absolute Gasteiger partial charge is 0.444 e. The summed E-state index contributed by atoms with van der Waals surface area (Å²) in [6.07, 6.45) is 5.08. The molecule has 0 spiro atoms. The Morgan fingerprint density at radius 3 is 3.06 bits per heavy atom. The minimum atomic E-state index is 0.434. The van der Waals surface area contributed by atoms with Crippen LogP contribution in [0.3, 0.4) is 0 Å². The lowest BCUT2D eigenvalue weighted by Crippen LogP contribution is -2.04. The highest BCUT2D eigenvalue weighted by molar-refractivity contribution is 5.77. The van der Waals surface area contributed by atoms with Crippen molar-refractivity contribution < 1.29 is 4.42 Å². The van der Waals surface area contributed by atoms with Crippen LogP contribution in [0.25, 0.3) is 11.0 Å². The number of rotatable bonds is 2. The summed E-state index contributed by atoms with van der Waals surface area (Å²) in [4.78, 5) is 12.4. The number of aryl methyl sites for hydroxylation is 1. The van der Waals surface area contributed by atoms with E-state index in [0.29, 0.717) is 18.4 Å². The number of nitrogens with zero attached hydrogens (tertiary/aromatic N) is 4. The van der Waals surface area contributed by atoms with Crippen LogP contribution in [0.2, 0.25) is 0 Å². The maximum absolute atomic E-state index is 5.86. The van der Waals surface area contributed by atoms with Crippen molar-refractivity contribution in [2.75, 3.05) is 5.73 Å². The van der Waals surface area contributed by atoms with E-state index in [4.69, 9.17) is 10.2 Å². The second-order valence-electron chi connectivity index (χ2n) is 3.79. The molecule has 0 aliphatic rings. The molecular formula is C11H11N5O. The predicted octanol–water partition coefficient (Wildman–Crippen LogP) is 1.36. The predicted molar refractivity (Wildman–Crippen MR) is 62.3 cm³/mol. The van der Waals surface area contributed by atoms with Crippen molar-refractivity contribution in [3.8, 4) is 0 Å². The van der Waals surface area contributed by atoms with Crippen molar-refractivity contribution in [3.63, 3.8) is 0 Å². The van der Waals surface area contributed by atoms with Crippen LogP contribution in [0.15, 0.2) is 29.1 Å². The first-order valence-corrected chi connectivity index (χ1v) is 5.21. The van der Waals surface area contributed by atoms with Gasteiger partial charge in [0, 0.05) is 6.20 Å². The van der Waals surface area contributed by atoms with Gasteiger partial charge < -0.3 is 14.7 Å². The fraction of sp³-hybridized carbons (Fsp3) is 0.182. The maximum Gasteiger partial charge on any atom is 0.214 e. The van der Waals surface area contributed by atoms with E-state index in [1.54, 1.807) is 18.6 Å². The van der Waals surface area contributed by atoms with Gasteiger partial charge in [0.15, 0.2) is 0 Å². The van der Waals surface area contributed by atoms with E-state index in [-0.39, 0.29) is 0 Å². The fourth-order valence-electron chi connectivity index (χ4n) is 1.78. The average Bonchev–Trinajstić information content (AvgIpc) is 2.85. The Bertz CT molecular complexity index is 669. The first kappa shape index (κ1) is 9.83. The third-order valence-electron chi connectivity index (χ3n) is 2.54. The van der Waals surface area contributed by atoms with Gasteiger partial charge in [-0.3, -0.25) is 4.98 Å². The molecule has 3 aromatic rings. The summed E-state index contributed by atoms with van der Waals surface area (Å²) >= 11 is 0. The van der Waals surface area contributed by atoms with Crippen molar-refractivity contribution in [2.45, 2.75) is 13.5 Å². The van der Waals surface area contributed by atoms with E-state index in [0.717, 1.165) is 16.8 Å². The summed E-state index contributed by atoms with van der Waals surface area (Å²) in [5.41, 5.74) is 7.56. The van der Waals surface area contributed by atoms with Crippen LogP contribution in [-0.2, 0) is 6.54 Å². The summed E-state index contributed by atoms with van der Waals surface area (Å²) in [6, 6.07) is 1.87. The van der Waals surface area contributed by atoms with Crippen molar-refractivity contribution in [1.82, 2.24) is 19.5 Å². The van der Waals surface area contributed by atoms with Gasteiger partial charge >= 0.3 is 0 Å². The van der Waals surface area contributed by atoms with Gasteiger partial charge in [0.05, 0.1) is 17.9 Å². The lowest BCUT2D eigenvalue weighted by molar-refractivity contribution is 0.461. The third-order valence-corrected chi connectivity index (χ3v) is 2.54. The van der Waals surface area contributed by atoms with E-state index >= 15 is 0 Å². The zero-order valence-corrected chi connectivity index (χ0v) is 9.29. The smallest absolute Gasteiger partial charge is 0.214 e. The minimum absolute atomic E-state index is 0.434. The Morgan fingerprint density at radius 2 is 2.29 bits per heavy atom. The first-order chi connectivity index (χ1) is 8.24. The molecule has 0 saturated heterocycles. The number of nitrogens with two attached hydrogens (primary N) is 1. The van der Waals surface area contributed by atoms with Crippen LogP contribution in [0.1, 0.15) is 11.7 Å². The SMILES string of the molecule is Cc1cnc(Cn2c(N)nc3cnccc32)o1. The number of pyridine rings is 1. The van der Waals surface area contributed by atoms with E-state index in [9.17, 15) is 0 Å². The molecular weight excluding hydrogens is 218 g/mol. The van der Waals surface area contributed by atoms with Gasteiger partial charge in [0.1, 0.15) is 17.8 Å². The molecule has 0 unspecified atom stereocenters. The van der Waals surface area contributed by atoms with E-state index in [2.05, 4.69) is 15.0 Å². The van der Waals surface area contributed by atoms with Crippen molar-refractivity contribution >= 4 is 17.0 Å². The Kier molecular flexibility index (Phi) is 2.07. The van der Waals surface area contributed by atoms with Crippen LogP contribution in [0, 0.1) is 6.92 Å². The molecule has 0 fully saturated rings. The first-order valence-electron chi connectivity index (χ1n) is 5.21. The standard InChI is InChI=1S/C11H11N5O/c1-7-4-14-10(17-7)6-16-9-2-3-13-5-8(9)15-11(16)12/h2-5H,6H2,1H3,(H2,12,15). The second kappa shape index (κ2) is 3.58. The highest BCUT2D eigenvalue weighted by atomic mass is 16.4. The Balaban J connectivity index is 2.08. The number of hydrogen-bond acceptors (Lipinski definition) is 5. The lowest BCUT2D eigenvalue weighted by Gasteiger charge is -2.02. The van der Waals surface area contributed by atoms with Gasteiger partial charge in [-0.2, -0.15) is 0 Å². The van der Waals surface area contributed by atoms with Crippen molar-refractivity contribution in [3.05, 3.63) is 36.3 Å². The van der Waals surface area contributed by atoms with E-state index in [1.165, 1.54) is 0 Å². The Labute approximate surface area is 97.1 Å². The Hall–Kier alpha value is -2.37.